The van der Waals surface area contributed by atoms with Crippen molar-refractivity contribution >= 4 is 27.4 Å². The van der Waals surface area contributed by atoms with Gasteiger partial charge in [0.15, 0.2) is 11.5 Å². The molecule has 0 fully saturated rings. The van der Waals surface area contributed by atoms with Crippen LogP contribution in [0.4, 0.5) is 5.82 Å². The van der Waals surface area contributed by atoms with Crippen molar-refractivity contribution in [1.29, 1.82) is 0 Å². The molecule has 0 bridgehead atoms. The molecule has 3 rings (SSSR count). The molecule has 0 aliphatic heterocycles. The molecule has 0 saturated carbocycles. The fraction of sp³-hybridized carbons (Fsp3) is 0.294. The number of anilines is 1. The molecule has 0 spiro atoms. The zero-order valence-electron chi connectivity index (χ0n) is 13.7. The summed E-state index contributed by atoms with van der Waals surface area (Å²) < 4.78 is 10.7. The van der Waals surface area contributed by atoms with Gasteiger partial charge in [-0.25, -0.2) is 9.97 Å². The van der Waals surface area contributed by atoms with Gasteiger partial charge < -0.3 is 19.9 Å². The average molecular weight is 345 g/mol. The second kappa shape index (κ2) is 7.02. The Morgan fingerprint density at radius 3 is 2.71 bits per heavy atom. The first kappa shape index (κ1) is 16.5. The SMILES string of the molecule is COc1ccc(-c2csc3ncnc(NCC(C)O)c23)cc1OC. The maximum atomic E-state index is 9.51. The Kier molecular flexibility index (Phi) is 4.82. The first-order valence-electron chi connectivity index (χ1n) is 7.50. The summed E-state index contributed by atoms with van der Waals surface area (Å²) in [6.45, 7) is 2.15. The normalized spacial score (nSPS) is 12.2. The molecular formula is C17H19N3O3S. The Balaban J connectivity index is 2.09. The second-order valence-corrected chi connectivity index (χ2v) is 6.21. The molecule has 2 N–H and O–H groups in total. The molecular weight excluding hydrogens is 326 g/mol. The monoisotopic (exact) mass is 345 g/mol. The van der Waals surface area contributed by atoms with Crippen molar-refractivity contribution in [3.05, 3.63) is 29.9 Å². The predicted molar refractivity (Wildman–Crippen MR) is 96.1 cm³/mol. The summed E-state index contributed by atoms with van der Waals surface area (Å²) in [5, 5.41) is 15.7. The van der Waals surface area contributed by atoms with Crippen LogP contribution in [-0.2, 0) is 0 Å². The number of aliphatic hydroxyl groups excluding tert-OH is 1. The number of aliphatic hydroxyl groups is 1. The van der Waals surface area contributed by atoms with Gasteiger partial charge in [-0.2, -0.15) is 0 Å². The molecule has 1 unspecified atom stereocenters. The number of methoxy groups -OCH3 is 2. The number of ether oxygens (including phenoxy) is 2. The number of hydrogen-bond acceptors (Lipinski definition) is 7. The van der Waals surface area contributed by atoms with E-state index in [1.54, 1.807) is 32.5 Å². The number of fused-ring (bicyclic) bond motifs is 1. The molecule has 1 atom stereocenters. The number of nitrogens with zero attached hydrogens (tertiary/aromatic N) is 2. The summed E-state index contributed by atoms with van der Waals surface area (Å²) in [5.74, 6) is 2.07. The van der Waals surface area contributed by atoms with Gasteiger partial charge in [0, 0.05) is 17.5 Å². The van der Waals surface area contributed by atoms with Crippen LogP contribution in [0.5, 0.6) is 11.5 Å². The molecule has 1 aromatic carbocycles. The Morgan fingerprint density at radius 1 is 1.21 bits per heavy atom. The lowest BCUT2D eigenvalue weighted by Gasteiger charge is -2.11. The van der Waals surface area contributed by atoms with Crippen LogP contribution >= 0.6 is 11.3 Å². The molecule has 2 aromatic heterocycles. The van der Waals surface area contributed by atoms with E-state index < -0.39 is 6.10 Å². The summed E-state index contributed by atoms with van der Waals surface area (Å²) in [7, 11) is 3.23. The summed E-state index contributed by atoms with van der Waals surface area (Å²) in [6.07, 6.45) is 1.07. The molecule has 126 valence electrons. The van der Waals surface area contributed by atoms with Crippen LogP contribution in [0.15, 0.2) is 29.9 Å². The largest absolute Gasteiger partial charge is 0.493 e. The fourth-order valence-corrected chi connectivity index (χ4v) is 3.39. The van der Waals surface area contributed by atoms with Crippen LogP contribution in [-0.4, -0.2) is 41.9 Å². The van der Waals surface area contributed by atoms with Gasteiger partial charge in [0.05, 0.1) is 25.7 Å². The minimum atomic E-state index is -0.460. The van der Waals surface area contributed by atoms with Gasteiger partial charge in [-0.1, -0.05) is 6.07 Å². The number of rotatable bonds is 6. The third-order valence-corrected chi connectivity index (χ3v) is 4.52. The molecule has 0 aliphatic rings. The lowest BCUT2D eigenvalue weighted by atomic mass is 10.1. The molecule has 24 heavy (non-hydrogen) atoms. The maximum absolute atomic E-state index is 9.51. The Morgan fingerprint density at radius 2 is 2.00 bits per heavy atom. The molecule has 2 heterocycles. The van der Waals surface area contributed by atoms with Gasteiger partial charge in [0.25, 0.3) is 0 Å². The van der Waals surface area contributed by atoms with Crippen LogP contribution in [0, 0.1) is 0 Å². The lowest BCUT2D eigenvalue weighted by molar-refractivity contribution is 0.208. The molecule has 0 saturated heterocycles. The molecule has 6 nitrogen and oxygen atoms in total. The minimum absolute atomic E-state index is 0.424. The highest BCUT2D eigenvalue weighted by molar-refractivity contribution is 7.17. The molecule has 0 aliphatic carbocycles. The van der Waals surface area contributed by atoms with Crippen molar-refractivity contribution in [3.8, 4) is 22.6 Å². The van der Waals surface area contributed by atoms with E-state index in [1.165, 1.54) is 6.33 Å². The zero-order chi connectivity index (χ0) is 17.1. The van der Waals surface area contributed by atoms with E-state index in [0.717, 1.165) is 21.3 Å². The lowest BCUT2D eigenvalue weighted by Crippen LogP contribution is -2.16. The summed E-state index contributed by atoms with van der Waals surface area (Å²) in [5.41, 5.74) is 2.01. The number of thiophene rings is 1. The molecule has 7 heteroatoms. The van der Waals surface area contributed by atoms with E-state index in [1.807, 2.05) is 23.6 Å². The topological polar surface area (TPSA) is 76.5 Å². The van der Waals surface area contributed by atoms with E-state index in [9.17, 15) is 5.11 Å². The summed E-state index contributed by atoms with van der Waals surface area (Å²) in [4.78, 5) is 9.56. The molecule has 0 radical (unpaired) electrons. The smallest absolute Gasteiger partial charge is 0.161 e. The van der Waals surface area contributed by atoms with Crippen LogP contribution in [0.1, 0.15) is 6.92 Å². The van der Waals surface area contributed by atoms with Gasteiger partial charge >= 0.3 is 0 Å². The Bertz CT molecular complexity index is 848. The Hall–Kier alpha value is -2.38. The second-order valence-electron chi connectivity index (χ2n) is 5.35. The number of benzene rings is 1. The highest BCUT2D eigenvalue weighted by atomic mass is 32.1. The van der Waals surface area contributed by atoms with E-state index >= 15 is 0 Å². The number of nitrogens with one attached hydrogen (secondary N) is 1. The third kappa shape index (κ3) is 3.13. The number of hydrogen-bond donors (Lipinski definition) is 2. The molecule has 3 aromatic rings. The molecule has 0 amide bonds. The van der Waals surface area contributed by atoms with Crippen molar-refractivity contribution in [2.45, 2.75) is 13.0 Å². The van der Waals surface area contributed by atoms with Crippen molar-refractivity contribution in [2.75, 3.05) is 26.1 Å². The number of aromatic nitrogens is 2. The minimum Gasteiger partial charge on any atom is -0.493 e. The average Bonchev–Trinajstić information content (AvgIpc) is 3.04. The van der Waals surface area contributed by atoms with Gasteiger partial charge in [-0.15, -0.1) is 11.3 Å². The first-order chi connectivity index (χ1) is 11.6. The van der Waals surface area contributed by atoms with Crippen molar-refractivity contribution < 1.29 is 14.6 Å². The van der Waals surface area contributed by atoms with Crippen molar-refractivity contribution in [3.63, 3.8) is 0 Å². The highest BCUT2D eigenvalue weighted by Gasteiger charge is 2.15. The first-order valence-corrected chi connectivity index (χ1v) is 8.38. The quantitative estimate of drug-likeness (QED) is 0.715. The van der Waals surface area contributed by atoms with E-state index in [-0.39, 0.29) is 0 Å². The van der Waals surface area contributed by atoms with Gasteiger partial charge in [-0.3, -0.25) is 0 Å². The zero-order valence-corrected chi connectivity index (χ0v) is 14.6. The summed E-state index contributed by atoms with van der Waals surface area (Å²) in [6, 6.07) is 5.80. The van der Waals surface area contributed by atoms with Crippen LogP contribution in [0.3, 0.4) is 0 Å². The van der Waals surface area contributed by atoms with Gasteiger partial charge in [0.1, 0.15) is 17.0 Å². The van der Waals surface area contributed by atoms with Crippen LogP contribution < -0.4 is 14.8 Å². The van der Waals surface area contributed by atoms with E-state index in [0.29, 0.717) is 23.9 Å². The van der Waals surface area contributed by atoms with Gasteiger partial charge in [-0.05, 0) is 24.6 Å². The maximum Gasteiger partial charge on any atom is 0.161 e. The predicted octanol–water partition coefficient (Wildman–Crippen LogP) is 3.17. The van der Waals surface area contributed by atoms with Crippen molar-refractivity contribution in [2.24, 2.45) is 0 Å². The van der Waals surface area contributed by atoms with E-state index in [4.69, 9.17) is 9.47 Å². The highest BCUT2D eigenvalue weighted by Crippen LogP contribution is 2.39. The van der Waals surface area contributed by atoms with Gasteiger partial charge in [0.2, 0.25) is 0 Å². The van der Waals surface area contributed by atoms with Crippen LogP contribution in [0.2, 0.25) is 0 Å². The third-order valence-electron chi connectivity index (χ3n) is 3.63. The fourth-order valence-electron chi connectivity index (χ4n) is 2.47. The Labute approximate surface area is 144 Å². The summed E-state index contributed by atoms with van der Waals surface area (Å²) >= 11 is 1.55. The standard InChI is InChI=1S/C17H19N3O3S/c1-10(21)7-18-16-15-12(8-24-17(15)20-9-19-16)11-4-5-13(22-2)14(6-11)23-3/h4-6,8-10,21H,7H2,1-3H3,(H,18,19,20). The van der Waals surface area contributed by atoms with E-state index in [2.05, 4.69) is 15.3 Å². The van der Waals surface area contributed by atoms with Crippen molar-refractivity contribution in [1.82, 2.24) is 9.97 Å². The van der Waals surface area contributed by atoms with Crippen LogP contribution in [0.25, 0.3) is 21.3 Å².